The maximum absolute atomic E-state index is 5.63. The molecule has 4 heteroatoms. The fraction of sp³-hybridized carbons (Fsp3) is 0.235. The van der Waals surface area contributed by atoms with Gasteiger partial charge in [-0.3, -0.25) is 0 Å². The van der Waals surface area contributed by atoms with Crippen molar-refractivity contribution >= 4 is 17.2 Å². The first-order valence-electron chi connectivity index (χ1n) is 6.90. The van der Waals surface area contributed by atoms with Crippen molar-refractivity contribution in [1.29, 1.82) is 0 Å². The van der Waals surface area contributed by atoms with Crippen molar-refractivity contribution < 1.29 is 9.47 Å². The highest BCUT2D eigenvalue weighted by Gasteiger charge is 1.98. The molecular weight excluding hydrogens is 282 g/mol. The Bertz CT molecular complexity index is 555. The van der Waals surface area contributed by atoms with E-state index >= 15 is 0 Å². The predicted octanol–water partition coefficient (Wildman–Crippen LogP) is 3.31. The van der Waals surface area contributed by atoms with Crippen LogP contribution in [0.4, 0.5) is 0 Å². The SMILES string of the molecule is NC(=S)c1ccc(OCCCOCc2ccccc2)cc1. The Morgan fingerprint density at radius 1 is 0.952 bits per heavy atom. The van der Waals surface area contributed by atoms with E-state index in [2.05, 4.69) is 12.1 Å². The minimum Gasteiger partial charge on any atom is -0.494 e. The second kappa shape index (κ2) is 8.39. The maximum atomic E-state index is 5.63. The molecule has 0 spiro atoms. The molecule has 0 unspecified atom stereocenters. The Kier molecular flexibility index (Phi) is 6.19. The summed E-state index contributed by atoms with van der Waals surface area (Å²) in [7, 11) is 0. The van der Waals surface area contributed by atoms with Crippen LogP contribution < -0.4 is 10.5 Å². The second-order valence-electron chi connectivity index (χ2n) is 4.63. The van der Waals surface area contributed by atoms with Crippen molar-refractivity contribution in [3.63, 3.8) is 0 Å². The van der Waals surface area contributed by atoms with Gasteiger partial charge in [-0.1, -0.05) is 42.5 Å². The van der Waals surface area contributed by atoms with Gasteiger partial charge in [0.1, 0.15) is 10.7 Å². The molecule has 2 N–H and O–H groups in total. The molecular formula is C17H19NO2S. The third-order valence-electron chi connectivity index (χ3n) is 2.95. The molecule has 0 radical (unpaired) electrons. The smallest absolute Gasteiger partial charge is 0.119 e. The van der Waals surface area contributed by atoms with E-state index in [-0.39, 0.29) is 0 Å². The van der Waals surface area contributed by atoms with Gasteiger partial charge >= 0.3 is 0 Å². The molecule has 3 nitrogen and oxygen atoms in total. The molecule has 0 saturated carbocycles. The van der Waals surface area contributed by atoms with Gasteiger partial charge in [0.25, 0.3) is 0 Å². The summed E-state index contributed by atoms with van der Waals surface area (Å²) in [6.45, 7) is 1.95. The van der Waals surface area contributed by atoms with Gasteiger partial charge in [0.2, 0.25) is 0 Å². The van der Waals surface area contributed by atoms with Gasteiger partial charge < -0.3 is 15.2 Å². The van der Waals surface area contributed by atoms with E-state index < -0.39 is 0 Å². The van der Waals surface area contributed by atoms with E-state index in [1.807, 2.05) is 42.5 Å². The number of benzene rings is 2. The number of thiocarbonyl (C=S) groups is 1. The maximum Gasteiger partial charge on any atom is 0.119 e. The molecule has 0 saturated heterocycles. The standard InChI is InChI=1S/C17H19NO2S/c18-17(21)15-7-9-16(10-8-15)20-12-4-11-19-13-14-5-2-1-3-6-14/h1-3,5-10H,4,11-13H2,(H2,18,21). The van der Waals surface area contributed by atoms with Crippen molar-refractivity contribution in [2.75, 3.05) is 13.2 Å². The van der Waals surface area contributed by atoms with E-state index in [4.69, 9.17) is 27.4 Å². The largest absolute Gasteiger partial charge is 0.494 e. The molecule has 2 rings (SSSR count). The molecule has 2 aromatic carbocycles. The average molecular weight is 301 g/mol. The number of ether oxygens (including phenoxy) is 2. The molecule has 110 valence electrons. The first-order valence-corrected chi connectivity index (χ1v) is 7.31. The Morgan fingerprint density at radius 2 is 1.67 bits per heavy atom. The van der Waals surface area contributed by atoms with Gasteiger partial charge in [-0.2, -0.15) is 0 Å². The predicted molar refractivity (Wildman–Crippen MR) is 88.5 cm³/mol. The minimum atomic E-state index is 0.399. The molecule has 0 atom stereocenters. The highest BCUT2D eigenvalue weighted by molar-refractivity contribution is 7.80. The lowest BCUT2D eigenvalue weighted by atomic mass is 10.2. The number of rotatable bonds is 8. The summed E-state index contributed by atoms with van der Waals surface area (Å²) in [5, 5.41) is 0. The molecule has 0 fully saturated rings. The van der Waals surface area contributed by atoms with E-state index in [1.54, 1.807) is 0 Å². The van der Waals surface area contributed by atoms with E-state index in [0.29, 0.717) is 24.8 Å². The van der Waals surface area contributed by atoms with Gasteiger partial charge in [-0.15, -0.1) is 0 Å². The highest BCUT2D eigenvalue weighted by Crippen LogP contribution is 2.12. The Hall–Kier alpha value is -1.91. The van der Waals surface area contributed by atoms with Gasteiger partial charge in [0.05, 0.1) is 19.8 Å². The third-order valence-corrected chi connectivity index (χ3v) is 3.19. The van der Waals surface area contributed by atoms with Crippen molar-refractivity contribution in [2.45, 2.75) is 13.0 Å². The average Bonchev–Trinajstić information content (AvgIpc) is 2.52. The number of nitrogens with two attached hydrogens (primary N) is 1. The summed E-state index contributed by atoms with van der Waals surface area (Å²) < 4.78 is 11.2. The van der Waals surface area contributed by atoms with Crippen LogP contribution >= 0.6 is 12.2 Å². The van der Waals surface area contributed by atoms with Crippen LogP contribution in [0.2, 0.25) is 0 Å². The van der Waals surface area contributed by atoms with Gasteiger partial charge in [0, 0.05) is 12.0 Å². The fourth-order valence-electron chi connectivity index (χ4n) is 1.83. The van der Waals surface area contributed by atoms with Crippen LogP contribution in [0, 0.1) is 0 Å². The first kappa shape index (κ1) is 15.5. The summed E-state index contributed by atoms with van der Waals surface area (Å²) in [6, 6.07) is 17.6. The summed E-state index contributed by atoms with van der Waals surface area (Å²) in [5.41, 5.74) is 7.58. The lowest BCUT2D eigenvalue weighted by molar-refractivity contribution is 0.107. The van der Waals surface area contributed by atoms with Crippen LogP contribution in [0.15, 0.2) is 54.6 Å². The monoisotopic (exact) mass is 301 g/mol. The number of hydrogen-bond donors (Lipinski definition) is 1. The molecule has 0 aliphatic carbocycles. The quantitative estimate of drug-likeness (QED) is 0.600. The highest BCUT2D eigenvalue weighted by atomic mass is 32.1. The minimum absolute atomic E-state index is 0.399. The van der Waals surface area contributed by atoms with Crippen molar-refractivity contribution in [2.24, 2.45) is 5.73 Å². The molecule has 0 aliphatic rings. The van der Waals surface area contributed by atoms with Crippen LogP contribution in [-0.2, 0) is 11.3 Å². The summed E-state index contributed by atoms with van der Waals surface area (Å²) >= 11 is 4.90. The van der Waals surface area contributed by atoms with Crippen LogP contribution in [0.3, 0.4) is 0 Å². The van der Waals surface area contributed by atoms with Crippen LogP contribution in [0.1, 0.15) is 17.5 Å². The Balaban J connectivity index is 1.60. The van der Waals surface area contributed by atoms with Crippen molar-refractivity contribution in [3.05, 3.63) is 65.7 Å². The summed E-state index contributed by atoms with van der Waals surface area (Å²) in [6.07, 6.45) is 0.851. The zero-order chi connectivity index (χ0) is 14.9. The lowest BCUT2D eigenvalue weighted by Crippen LogP contribution is -2.09. The van der Waals surface area contributed by atoms with Crippen LogP contribution in [0.25, 0.3) is 0 Å². The summed E-state index contributed by atoms with van der Waals surface area (Å²) in [5.74, 6) is 0.818. The van der Waals surface area contributed by atoms with Gasteiger partial charge in [-0.25, -0.2) is 0 Å². The topological polar surface area (TPSA) is 44.5 Å². The fourth-order valence-corrected chi connectivity index (χ4v) is 1.97. The zero-order valence-corrected chi connectivity index (χ0v) is 12.6. The molecule has 21 heavy (non-hydrogen) atoms. The Morgan fingerprint density at radius 3 is 2.33 bits per heavy atom. The van der Waals surface area contributed by atoms with E-state index in [9.17, 15) is 0 Å². The second-order valence-corrected chi connectivity index (χ2v) is 5.07. The normalized spacial score (nSPS) is 10.3. The zero-order valence-electron chi connectivity index (χ0n) is 11.8. The molecule has 0 heterocycles. The van der Waals surface area contributed by atoms with E-state index in [0.717, 1.165) is 17.7 Å². The molecule has 2 aromatic rings. The third kappa shape index (κ3) is 5.53. The van der Waals surface area contributed by atoms with E-state index in [1.165, 1.54) is 5.56 Å². The number of hydrogen-bond acceptors (Lipinski definition) is 3. The molecule has 0 aliphatic heterocycles. The lowest BCUT2D eigenvalue weighted by Gasteiger charge is -2.07. The van der Waals surface area contributed by atoms with Crippen molar-refractivity contribution in [1.82, 2.24) is 0 Å². The molecule has 0 bridgehead atoms. The Labute approximate surface area is 130 Å². The van der Waals surface area contributed by atoms with Gasteiger partial charge in [-0.05, 0) is 29.8 Å². The van der Waals surface area contributed by atoms with Crippen LogP contribution in [-0.4, -0.2) is 18.2 Å². The molecule has 0 aromatic heterocycles. The van der Waals surface area contributed by atoms with Crippen LogP contribution in [0.5, 0.6) is 5.75 Å². The molecule has 0 amide bonds. The summed E-state index contributed by atoms with van der Waals surface area (Å²) in [4.78, 5) is 0.399. The van der Waals surface area contributed by atoms with Gasteiger partial charge in [0.15, 0.2) is 0 Å². The van der Waals surface area contributed by atoms with Crippen molar-refractivity contribution in [3.8, 4) is 5.75 Å². The first-order chi connectivity index (χ1) is 10.3.